The molecule has 1 aliphatic carbocycles. The molecule has 0 spiro atoms. The Morgan fingerprint density at radius 3 is 1.80 bits per heavy atom. The van der Waals surface area contributed by atoms with Gasteiger partial charge in [0, 0.05) is 5.41 Å². The molecule has 1 fully saturated rings. The lowest BCUT2D eigenvalue weighted by Gasteiger charge is -2.28. The van der Waals surface area contributed by atoms with Crippen molar-refractivity contribution in [1.29, 1.82) is 0 Å². The lowest BCUT2D eigenvalue weighted by Crippen LogP contribution is -2.34. The number of thiol groups is 1. The number of amides is 1. The molecule has 0 aromatic rings. The molecular weight excluding hydrogens is 206 g/mol. The van der Waals surface area contributed by atoms with Crippen molar-refractivity contribution in [3.63, 3.8) is 0 Å². The molecule has 0 bridgehead atoms. The van der Waals surface area contributed by atoms with Crippen LogP contribution in [-0.2, 0) is 4.79 Å². The van der Waals surface area contributed by atoms with E-state index < -0.39 is 0 Å². The van der Waals surface area contributed by atoms with E-state index >= 15 is 0 Å². The number of rotatable bonds is 1. The second-order valence-corrected chi connectivity index (χ2v) is 5.20. The first-order valence-corrected chi connectivity index (χ1v) is 6.58. The molecule has 1 aliphatic rings. The van der Waals surface area contributed by atoms with Crippen LogP contribution in [0.4, 0.5) is 0 Å². The highest BCUT2D eigenvalue weighted by atomic mass is 32.1. The molecule has 0 unspecified atom stereocenters. The van der Waals surface area contributed by atoms with E-state index in [1.165, 1.54) is 44.9 Å². The molecule has 0 aliphatic heterocycles. The van der Waals surface area contributed by atoms with E-state index in [9.17, 15) is 4.79 Å². The maximum absolute atomic E-state index is 11.8. The summed E-state index contributed by atoms with van der Waals surface area (Å²) in [6, 6.07) is 0. The zero-order valence-electron chi connectivity index (χ0n) is 9.72. The predicted octanol–water partition coefficient (Wildman–Crippen LogP) is 3.48. The van der Waals surface area contributed by atoms with Crippen molar-refractivity contribution in [2.45, 2.75) is 64.7 Å². The maximum Gasteiger partial charge on any atom is 0.235 e. The van der Waals surface area contributed by atoms with E-state index in [0.29, 0.717) is 0 Å². The zero-order chi connectivity index (χ0) is 11.1. The molecule has 1 amide bonds. The van der Waals surface area contributed by atoms with Gasteiger partial charge in [0.1, 0.15) is 0 Å². The monoisotopic (exact) mass is 229 g/mol. The van der Waals surface area contributed by atoms with E-state index in [2.05, 4.69) is 24.5 Å². The van der Waals surface area contributed by atoms with Crippen molar-refractivity contribution in [1.82, 2.24) is 4.72 Å². The number of hydrogen-bond acceptors (Lipinski definition) is 2. The van der Waals surface area contributed by atoms with E-state index in [4.69, 9.17) is 0 Å². The zero-order valence-corrected chi connectivity index (χ0v) is 10.6. The molecule has 0 atom stereocenters. The van der Waals surface area contributed by atoms with E-state index in [-0.39, 0.29) is 11.3 Å². The Morgan fingerprint density at radius 2 is 1.40 bits per heavy atom. The molecule has 1 rings (SSSR count). The molecular formula is C12H23NOS. The molecule has 15 heavy (non-hydrogen) atoms. The van der Waals surface area contributed by atoms with Gasteiger partial charge in [-0.1, -0.05) is 64.7 Å². The van der Waals surface area contributed by atoms with Crippen LogP contribution in [0.15, 0.2) is 0 Å². The highest BCUT2D eigenvalue weighted by Crippen LogP contribution is 2.32. The molecule has 3 heteroatoms. The number of nitrogens with one attached hydrogen (secondary N) is 1. The molecule has 1 saturated carbocycles. The molecule has 0 radical (unpaired) electrons. The minimum atomic E-state index is -0.181. The molecule has 88 valence electrons. The van der Waals surface area contributed by atoms with E-state index in [1.807, 2.05) is 0 Å². The van der Waals surface area contributed by atoms with E-state index in [1.54, 1.807) is 0 Å². The first-order valence-electron chi connectivity index (χ1n) is 6.13. The molecule has 0 heterocycles. The lowest BCUT2D eigenvalue weighted by molar-refractivity contribution is -0.129. The number of carbonyl (C=O) groups excluding carboxylic acids is 1. The normalized spacial score (nSPS) is 23.1. The van der Waals surface area contributed by atoms with Gasteiger partial charge < -0.3 is 4.72 Å². The highest BCUT2D eigenvalue weighted by molar-refractivity contribution is 7.78. The van der Waals surface area contributed by atoms with Crippen LogP contribution in [0.25, 0.3) is 0 Å². The second kappa shape index (κ2) is 6.41. The van der Waals surface area contributed by atoms with Crippen molar-refractivity contribution in [2.24, 2.45) is 5.41 Å². The summed E-state index contributed by atoms with van der Waals surface area (Å²) >= 11 is 3.89. The molecule has 0 aromatic carbocycles. The van der Waals surface area contributed by atoms with Crippen LogP contribution in [0.3, 0.4) is 0 Å². The van der Waals surface area contributed by atoms with Gasteiger partial charge in [0.15, 0.2) is 0 Å². The fraction of sp³-hybridized carbons (Fsp3) is 0.917. The summed E-state index contributed by atoms with van der Waals surface area (Å²) in [4.78, 5) is 11.8. The largest absolute Gasteiger partial charge is 0.302 e. The van der Waals surface area contributed by atoms with Gasteiger partial charge in [0.2, 0.25) is 5.91 Å². The van der Waals surface area contributed by atoms with Crippen molar-refractivity contribution < 1.29 is 4.79 Å². The first-order chi connectivity index (χ1) is 7.19. The average Bonchev–Trinajstić information content (AvgIpc) is 2.26. The Bertz CT molecular complexity index is 196. The van der Waals surface area contributed by atoms with Crippen molar-refractivity contribution in [3.05, 3.63) is 0 Å². The standard InChI is InChI=1S/C12H23NOS/c1-12(11(14)13-15)9-7-5-3-2-4-6-8-10-12/h15H,2-10H2,1H3,(H,13,14). The Morgan fingerprint density at radius 1 is 1.00 bits per heavy atom. The third-order valence-electron chi connectivity index (χ3n) is 3.61. The summed E-state index contributed by atoms with van der Waals surface area (Å²) in [6.45, 7) is 2.08. The third kappa shape index (κ3) is 4.06. The van der Waals surface area contributed by atoms with Gasteiger partial charge in [-0.3, -0.25) is 4.79 Å². The van der Waals surface area contributed by atoms with Gasteiger partial charge in [0.25, 0.3) is 0 Å². The summed E-state index contributed by atoms with van der Waals surface area (Å²) < 4.78 is 2.51. The van der Waals surface area contributed by atoms with Gasteiger partial charge >= 0.3 is 0 Å². The van der Waals surface area contributed by atoms with Crippen molar-refractivity contribution in [3.8, 4) is 0 Å². The Kier molecular flexibility index (Phi) is 5.51. The summed E-state index contributed by atoms with van der Waals surface area (Å²) in [5.74, 6) is 0.103. The van der Waals surface area contributed by atoms with Gasteiger partial charge in [0.05, 0.1) is 0 Å². The van der Waals surface area contributed by atoms with Crippen LogP contribution in [0.1, 0.15) is 64.7 Å². The average molecular weight is 229 g/mol. The van der Waals surface area contributed by atoms with Crippen molar-refractivity contribution in [2.75, 3.05) is 0 Å². The Balaban J connectivity index is 2.53. The van der Waals surface area contributed by atoms with Gasteiger partial charge in [-0.25, -0.2) is 0 Å². The summed E-state index contributed by atoms with van der Waals surface area (Å²) in [5, 5.41) is 0. The van der Waals surface area contributed by atoms with Crippen LogP contribution in [-0.4, -0.2) is 5.91 Å². The minimum Gasteiger partial charge on any atom is -0.302 e. The topological polar surface area (TPSA) is 29.1 Å². The fourth-order valence-corrected chi connectivity index (χ4v) is 2.67. The summed E-state index contributed by atoms with van der Waals surface area (Å²) in [5.41, 5.74) is -0.181. The Labute approximate surface area is 98.7 Å². The van der Waals surface area contributed by atoms with Crippen molar-refractivity contribution >= 4 is 18.7 Å². The second-order valence-electron chi connectivity index (χ2n) is 4.98. The fourth-order valence-electron chi connectivity index (χ4n) is 2.40. The summed E-state index contributed by atoms with van der Waals surface area (Å²) in [7, 11) is 0. The van der Waals surface area contributed by atoms with Crippen LogP contribution >= 0.6 is 12.8 Å². The maximum atomic E-state index is 11.8. The van der Waals surface area contributed by atoms with E-state index in [0.717, 1.165) is 12.8 Å². The highest BCUT2D eigenvalue weighted by Gasteiger charge is 2.31. The third-order valence-corrected chi connectivity index (χ3v) is 3.81. The molecule has 1 N–H and O–H groups in total. The number of hydrogen-bond donors (Lipinski definition) is 2. The van der Waals surface area contributed by atoms with Crippen LogP contribution in [0.2, 0.25) is 0 Å². The smallest absolute Gasteiger partial charge is 0.235 e. The molecule has 0 aromatic heterocycles. The molecule has 0 saturated heterocycles. The first kappa shape index (κ1) is 12.9. The molecule has 2 nitrogen and oxygen atoms in total. The minimum absolute atomic E-state index is 0.103. The van der Waals surface area contributed by atoms with Gasteiger partial charge in [-0.15, -0.1) is 0 Å². The quantitative estimate of drug-likeness (QED) is 0.662. The van der Waals surface area contributed by atoms with Gasteiger partial charge in [-0.2, -0.15) is 0 Å². The SMILES string of the molecule is CC1(C(=O)NS)CCCCCCCCC1. The Hall–Kier alpha value is -0.180. The van der Waals surface area contributed by atoms with Crippen LogP contribution in [0, 0.1) is 5.41 Å². The van der Waals surface area contributed by atoms with Gasteiger partial charge in [-0.05, 0) is 12.8 Å². The van der Waals surface area contributed by atoms with Crippen LogP contribution < -0.4 is 4.72 Å². The summed E-state index contributed by atoms with van der Waals surface area (Å²) in [6.07, 6.45) is 11.0. The number of carbonyl (C=O) groups is 1. The predicted molar refractivity (Wildman–Crippen MR) is 66.8 cm³/mol. The van der Waals surface area contributed by atoms with Crippen LogP contribution in [0.5, 0.6) is 0 Å². The lowest BCUT2D eigenvalue weighted by atomic mass is 9.78.